The van der Waals surface area contributed by atoms with E-state index in [4.69, 9.17) is 21.6 Å². The molecular weight excluding hydrogens is 766 g/mol. The maximum atomic E-state index is 5.80. The van der Waals surface area contributed by atoms with Crippen LogP contribution in [-0.2, 0) is 0 Å². The molecule has 0 spiro atoms. The van der Waals surface area contributed by atoms with Crippen LogP contribution in [0.2, 0.25) is 5.15 Å². The molecule has 0 atom stereocenters. The van der Waals surface area contributed by atoms with Crippen LogP contribution < -0.4 is 14.7 Å². The lowest BCUT2D eigenvalue weighted by Gasteiger charge is -2.25. The number of thiazole rings is 3. The minimum Gasteiger partial charge on any atom is -0.348 e. The maximum absolute atomic E-state index is 5.80. The highest BCUT2D eigenvalue weighted by Gasteiger charge is 2.17. The van der Waals surface area contributed by atoms with Crippen LogP contribution in [0, 0.1) is 0 Å². The second kappa shape index (κ2) is 19.0. The molecule has 0 amide bonds. The van der Waals surface area contributed by atoms with E-state index in [0.29, 0.717) is 5.15 Å². The number of anilines is 3. The molecule has 7 aromatic rings. The molecule has 0 saturated carbocycles. The molecule has 0 N–H and O–H groups in total. The number of piperidine rings is 3. The lowest BCUT2D eigenvalue weighted by Crippen LogP contribution is -2.29. The van der Waals surface area contributed by atoms with E-state index >= 15 is 0 Å². The van der Waals surface area contributed by atoms with Crippen LogP contribution in [0.15, 0.2) is 83.8 Å². The quantitative estimate of drug-likeness (QED) is 0.163. The number of halogens is 1. The van der Waals surface area contributed by atoms with E-state index in [-0.39, 0.29) is 7.43 Å². The summed E-state index contributed by atoms with van der Waals surface area (Å²) in [6.45, 7) is 6.83. The number of para-hydroxylation sites is 2. The van der Waals surface area contributed by atoms with Crippen LogP contribution in [0.4, 0.5) is 15.4 Å². The first-order valence-corrected chi connectivity index (χ1v) is 21.8. The topological polar surface area (TPSA) is 96.9 Å². The average Bonchev–Trinajstić information content (AvgIpc) is 4.10. The van der Waals surface area contributed by atoms with Gasteiger partial charge in [-0.15, -0.1) is 34.0 Å². The van der Waals surface area contributed by atoms with Gasteiger partial charge >= 0.3 is 0 Å². The molecule has 0 unspecified atom stereocenters. The van der Waals surface area contributed by atoms with Gasteiger partial charge in [-0.2, -0.15) is 0 Å². The Hall–Kier alpha value is -4.37. The van der Waals surface area contributed by atoms with Gasteiger partial charge < -0.3 is 14.7 Å². The van der Waals surface area contributed by atoms with Crippen molar-refractivity contribution in [2.45, 2.75) is 65.2 Å². The second-order valence-electron chi connectivity index (χ2n) is 13.6. The zero-order chi connectivity index (χ0) is 36.5. The molecule has 11 nitrogen and oxygen atoms in total. The number of hydrogen-bond acceptors (Lipinski definition) is 12. The smallest absolute Gasteiger partial charge is 0.187 e. The first kappa shape index (κ1) is 38.9. The molecule has 3 saturated heterocycles. The second-order valence-corrected chi connectivity index (χ2v) is 16.5. The van der Waals surface area contributed by atoms with E-state index in [1.54, 1.807) is 46.5 Å². The van der Waals surface area contributed by atoms with Crippen molar-refractivity contribution in [3.8, 4) is 22.9 Å². The third kappa shape index (κ3) is 9.72. The predicted molar refractivity (Wildman–Crippen MR) is 231 cm³/mol. The highest BCUT2D eigenvalue weighted by Crippen LogP contribution is 2.30. The lowest BCUT2D eigenvalue weighted by atomic mass is 10.1. The van der Waals surface area contributed by atoms with E-state index in [1.165, 1.54) is 57.8 Å². The number of hydrogen-bond donors (Lipinski definition) is 0. The summed E-state index contributed by atoms with van der Waals surface area (Å²) < 4.78 is 3.92. The van der Waals surface area contributed by atoms with Crippen molar-refractivity contribution in [3.05, 3.63) is 88.9 Å². The number of aromatic nitrogens is 8. The normalized spacial score (nSPS) is 15.8. The number of imidazole rings is 2. The molecule has 6 aromatic heterocycles. The lowest BCUT2D eigenvalue weighted by molar-refractivity contribution is 0.576. The van der Waals surface area contributed by atoms with Gasteiger partial charge in [-0.3, -0.25) is 14.1 Å². The molecular formula is C40H48ClN11S3. The molecule has 3 aliphatic rings. The average molecular weight is 815 g/mol. The van der Waals surface area contributed by atoms with Crippen LogP contribution in [0.1, 0.15) is 65.2 Å². The Bertz CT molecular complexity index is 2190. The Morgan fingerprint density at radius 2 is 1.11 bits per heavy atom. The number of benzene rings is 1. The van der Waals surface area contributed by atoms with Gasteiger partial charge in [0.2, 0.25) is 0 Å². The van der Waals surface area contributed by atoms with Crippen LogP contribution in [0.25, 0.3) is 33.9 Å². The summed E-state index contributed by atoms with van der Waals surface area (Å²) in [5.41, 5.74) is 4.35. The Labute approximate surface area is 340 Å². The van der Waals surface area contributed by atoms with Crippen LogP contribution >= 0.6 is 45.6 Å². The summed E-state index contributed by atoms with van der Waals surface area (Å²) in [5.74, 6) is 1.87. The highest BCUT2D eigenvalue weighted by atomic mass is 35.5. The Morgan fingerprint density at radius 3 is 1.71 bits per heavy atom. The zero-order valence-electron chi connectivity index (χ0n) is 30.2. The minimum absolute atomic E-state index is 0. The van der Waals surface area contributed by atoms with Gasteiger partial charge in [0.1, 0.15) is 17.8 Å². The van der Waals surface area contributed by atoms with Crippen molar-refractivity contribution < 1.29 is 0 Å². The molecule has 1 aromatic carbocycles. The van der Waals surface area contributed by atoms with E-state index < -0.39 is 0 Å². The van der Waals surface area contributed by atoms with Gasteiger partial charge in [0.15, 0.2) is 27.0 Å². The van der Waals surface area contributed by atoms with Crippen LogP contribution in [0.5, 0.6) is 0 Å². The summed E-state index contributed by atoms with van der Waals surface area (Å²) in [7, 11) is 0. The largest absolute Gasteiger partial charge is 0.348 e. The summed E-state index contributed by atoms with van der Waals surface area (Å²) in [4.78, 5) is 33.8. The van der Waals surface area contributed by atoms with Gasteiger partial charge in [-0.25, -0.2) is 24.9 Å². The third-order valence-electron chi connectivity index (χ3n) is 9.82. The monoisotopic (exact) mass is 813 g/mol. The van der Waals surface area contributed by atoms with Crippen LogP contribution in [-0.4, -0.2) is 78.3 Å². The summed E-state index contributed by atoms with van der Waals surface area (Å²) in [6, 6.07) is 12.2. The van der Waals surface area contributed by atoms with Crippen molar-refractivity contribution in [2.24, 2.45) is 0 Å². The fourth-order valence-electron chi connectivity index (χ4n) is 6.92. The van der Waals surface area contributed by atoms with Crippen molar-refractivity contribution in [2.75, 3.05) is 54.0 Å². The van der Waals surface area contributed by atoms with E-state index in [0.717, 1.165) is 88.6 Å². The molecule has 3 aliphatic heterocycles. The maximum Gasteiger partial charge on any atom is 0.187 e. The summed E-state index contributed by atoms with van der Waals surface area (Å²) >= 11 is 11.0. The molecule has 0 bridgehead atoms. The summed E-state index contributed by atoms with van der Waals surface area (Å²) in [6.07, 6.45) is 20.7. The van der Waals surface area contributed by atoms with Gasteiger partial charge in [0.25, 0.3) is 0 Å². The molecule has 3 fully saturated rings. The highest BCUT2D eigenvalue weighted by molar-refractivity contribution is 7.14. The Morgan fingerprint density at radius 1 is 0.564 bits per heavy atom. The zero-order valence-corrected chi connectivity index (χ0v) is 33.4. The fraction of sp³-hybridized carbons (Fsp3) is 0.400. The molecule has 0 radical (unpaired) electrons. The van der Waals surface area contributed by atoms with Crippen molar-refractivity contribution in [1.29, 1.82) is 0 Å². The van der Waals surface area contributed by atoms with Gasteiger partial charge in [-0.05, 0) is 82.1 Å². The van der Waals surface area contributed by atoms with E-state index in [2.05, 4.69) is 56.0 Å². The molecule has 55 heavy (non-hydrogen) atoms. The van der Waals surface area contributed by atoms with E-state index in [1.807, 2.05) is 59.0 Å². The first-order valence-electron chi connectivity index (χ1n) is 18.8. The van der Waals surface area contributed by atoms with Crippen LogP contribution in [0.3, 0.4) is 0 Å². The first-order chi connectivity index (χ1) is 26.7. The van der Waals surface area contributed by atoms with Gasteiger partial charge in [0.05, 0.1) is 16.7 Å². The van der Waals surface area contributed by atoms with E-state index in [9.17, 15) is 0 Å². The third-order valence-corrected chi connectivity index (χ3v) is 12.7. The predicted octanol–water partition coefficient (Wildman–Crippen LogP) is 10.3. The standard InChI is InChI=1S/C15H16N4S.C13H15N3S.C11H13ClN4S.CH4/c1-4-8-18(9-5-1)15-17-14(10-20-15)19-11-16-12-6-2-3-7-13(12)19;1-2-8-16(9-3-1)13-15-12(10-17-13)11-4-6-14-7-5-11;12-9-6-16(8-13-9)10-7-17-11(14-10)15-4-2-1-3-5-15;/h2-3,6-7,10-11H,1,4-5,8-9H2;4-7,10H,1-3,8-9H2;6-8H,1-5H2;1H4. The SMILES string of the molecule is C.Clc1cn(-c2csc(N3CCCCC3)n2)cn1.c1cc(-c2csc(N3CCCCC3)n2)ccn1.c1ccc2c(c1)ncn2-c1csc(N2CCCCC2)n1. The molecule has 10 rings (SSSR count). The Balaban J connectivity index is 0.000000126. The Kier molecular flexibility index (Phi) is 13.4. The minimum atomic E-state index is 0. The molecule has 9 heterocycles. The molecule has 288 valence electrons. The number of rotatable bonds is 6. The van der Waals surface area contributed by atoms with Crippen molar-refractivity contribution in [1.82, 2.24) is 39.0 Å². The number of fused-ring (bicyclic) bond motifs is 1. The van der Waals surface area contributed by atoms with Gasteiger partial charge in [0, 0.05) is 79.6 Å². The molecule has 15 heteroatoms. The summed E-state index contributed by atoms with van der Waals surface area (Å²) in [5, 5.41) is 10.2. The van der Waals surface area contributed by atoms with Gasteiger partial charge in [-0.1, -0.05) is 31.2 Å². The molecule has 0 aliphatic carbocycles. The number of pyridine rings is 1. The van der Waals surface area contributed by atoms with Crippen molar-refractivity contribution in [3.63, 3.8) is 0 Å². The number of nitrogens with zero attached hydrogens (tertiary/aromatic N) is 11. The van der Waals surface area contributed by atoms with Crippen molar-refractivity contribution >= 4 is 72.0 Å². The fourth-order valence-corrected chi connectivity index (χ4v) is 9.67.